The number of rotatable bonds is 5. The van der Waals surface area contributed by atoms with Crippen LogP contribution in [0.2, 0.25) is 0 Å². The molecule has 0 aliphatic rings. The first kappa shape index (κ1) is 11.2. The van der Waals surface area contributed by atoms with Gasteiger partial charge in [-0.1, -0.05) is 0 Å². The minimum absolute atomic E-state index is 0.0375. The second-order valence-electron chi connectivity index (χ2n) is 2.40. The van der Waals surface area contributed by atoms with Gasteiger partial charge in [0, 0.05) is 13.2 Å². The van der Waals surface area contributed by atoms with Gasteiger partial charge in [-0.05, 0) is 13.3 Å². The molecule has 0 aliphatic carbocycles. The van der Waals surface area contributed by atoms with Crippen molar-refractivity contribution in [3.05, 3.63) is 0 Å². The van der Waals surface area contributed by atoms with Gasteiger partial charge in [0.2, 0.25) is 0 Å². The van der Waals surface area contributed by atoms with Crippen molar-refractivity contribution in [1.82, 2.24) is 5.32 Å². The lowest BCUT2D eigenvalue weighted by atomic mass is 10.4. The zero-order valence-corrected chi connectivity index (χ0v) is 7.12. The summed E-state index contributed by atoms with van der Waals surface area (Å²) in [6.45, 7) is 1.82. The molecule has 0 aliphatic heterocycles. The lowest BCUT2D eigenvalue weighted by Gasteiger charge is -2.10. The Hall–Kier alpha value is -0.810. The Morgan fingerprint density at radius 1 is 1.58 bits per heavy atom. The standard InChI is InChI=1S/C7H15NO4/c1-6(5-10)12-7(11)8-3-2-4-9/h6,9-10H,2-5H2,1H3,(H,8,11). The maximum absolute atomic E-state index is 10.8. The molecule has 0 aromatic heterocycles. The van der Waals surface area contributed by atoms with E-state index in [0.29, 0.717) is 13.0 Å². The van der Waals surface area contributed by atoms with Gasteiger partial charge >= 0.3 is 6.09 Å². The molecule has 12 heavy (non-hydrogen) atoms. The number of alkyl carbamates (subject to hydrolysis) is 1. The number of carbonyl (C=O) groups is 1. The van der Waals surface area contributed by atoms with Crippen molar-refractivity contribution in [3.63, 3.8) is 0 Å². The van der Waals surface area contributed by atoms with E-state index in [4.69, 9.17) is 10.2 Å². The molecule has 72 valence electrons. The lowest BCUT2D eigenvalue weighted by Crippen LogP contribution is -2.30. The van der Waals surface area contributed by atoms with Gasteiger partial charge in [-0.25, -0.2) is 4.79 Å². The topological polar surface area (TPSA) is 78.8 Å². The third-order valence-electron chi connectivity index (χ3n) is 1.17. The maximum atomic E-state index is 10.8. The summed E-state index contributed by atoms with van der Waals surface area (Å²) in [6.07, 6.45) is -0.549. The van der Waals surface area contributed by atoms with E-state index in [0.717, 1.165) is 0 Å². The number of ether oxygens (including phenoxy) is 1. The van der Waals surface area contributed by atoms with Gasteiger partial charge in [0.05, 0.1) is 6.61 Å². The number of aliphatic hydroxyl groups is 2. The number of hydrogen-bond acceptors (Lipinski definition) is 4. The van der Waals surface area contributed by atoms with Crippen LogP contribution in [0.15, 0.2) is 0 Å². The summed E-state index contributed by atoms with van der Waals surface area (Å²) < 4.78 is 4.66. The van der Waals surface area contributed by atoms with Gasteiger partial charge in [-0.3, -0.25) is 0 Å². The molecule has 0 bridgehead atoms. The van der Waals surface area contributed by atoms with Crippen molar-refractivity contribution >= 4 is 6.09 Å². The Morgan fingerprint density at radius 3 is 2.75 bits per heavy atom. The fraction of sp³-hybridized carbons (Fsp3) is 0.857. The molecule has 5 heteroatoms. The molecule has 0 fully saturated rings. The normalized spacial score (nSPS) is 12.2. The van der Waals surface area contributed by atoms with E-state index in [1.54, 1.807) is 6.92 Å². The van der Waals surface area contributed by atoms with Crippen LogP contribution in [-0.2, 0) is 4.74 Å². The van der Waals surface area contributed by atoms with E-state index in [2.05, 4.69) is 10.1 Å². The second-order valence-corrected chi connectivity index (χ2v) is 2.40. The first-order valence-electron chi connectivity index (χ1n) is 3.87. The van der Waals surface area contributed by atoms with E-state index in [1.807, 2.05) is 0 Å². The summed E-state index contributed by atoms with van der Waals surface area (Å²) in [7, 11) is 0. The Bertz CT molecular complexity index is 129. The minimum atomic E-state index is -0.565. The van der Waals surface area contributed by atoms with Crippen molar-refractivity contribution in [3.8, 4) is 0 Å². The molecule has 3 N–H and O–H groups in total. The average molecular weight is 177 g/mol. The highest BCUT2D eigenvalue weighted by molar-refractivity contribution is 5.67. The van der Waals surface area contributed by atoms with E-state index < -0.39 is 12.2 Å². The van der Waals surface area contributed by atoms with Crippen molar-refractivity contribution in [1.29, 1.82) is 0 Å². The molecule has 0 rings (SSSR count). The van der Waals surface area contributed by atoms with Gasteiger partial charge in [0.25, 0.3) is 0 Å². The first-order chi connectivity index (χ1) is 5.70. The number of aliphatic hydroxyl groups excluding tert-OH is 2. The molecular weight excluding hydrogens is 162 g/mol. The number of hydrogen-bond donors (Lipinski definition) is 3. The largest absolute Gasteiger partial charge is 0.444 e. The third-order valence-corrected chi connectivity index (χ3v) is 1.17. The highest BCUT2D eigenvalue weighted by Gasteiger charge is 2.05. The molecule has 0 spiro atoms. The van der Waals surface area contributed by atoms with Crippen LogP contribution in [0.4, 0.5) is 4.79 Å². The maximum Gasteiger partial charge on any atom is 0.407 e. The van der Waals surface area contributed by atoms with Crippen molar-refractivity contribution in [2.24, 2.45) is 0 Å². The van der Waals surface area contributed by atoms with Gasteiger partial charge in [0.15, 0.2) is 0 Å². The molecule has 1 atom stereocenters. The van der Waals surface area contributed by atoms with Gasteiger partial charge in [-0.2, -0.15) is 0 Å². The van der Waals surface area contributed by atoms with Crippen LogP contribution in [-0.4, -0.2) is 42.2 Å². The van der Waals surface area contributed by atoms with E-state index in [1.165, 1.54) is 0 Å². The Labute approximate surface area is 71.3 Å². The third kappa shape index (κ3) is 5.94. The highest BCUT2D eigenvalue weighted by Crippen LogP contribution is 1.88. The second kappa shape index (κ2) is 6.87. The monoisotopic (exact) mass is 177 g/mol. The number of nitrogens with one attached hydrogen (secondary N) is 1. The van der Waals surface area contributed by atoms with Crippen LogP contribution in [0.3, 0.4) is 0 Å². The SMILES string of the molecule is CC(CO)OC(=O)NCCCO. The summed E-state index contributed by atoms with van der Waals surface area (Å²) in [5.74, 6) is 0. The van der Waals surface area contributed by atoms with Crippen LogP contribution in [0, 0.1) is 0 Å². The van der Waals surface area contributed by atoms with Crippen LogP contribution >= 0.6 is 0 Å². The van der Waals surface area contributed by atoms with Crippen LogP contribution < -0.4 is 5.32 Å². The molecule has 0 saturated heterocycles. The minimum Gasteiger partial charge on any atom is -0.444 e. The Kier molecular flexibility index (Phi) is 6.41. The first-order valence-corrected chi connectivity index (χ1v) is 3.87. The molecule has 0 aromatic rings. The lowest BCUT2D eigenvalue weighted by molar-refractivity contribution is 0.0678. The zero-order chi connectivity index (χ0) is 9.40. The Balaban J connectivity index is 3.33. The van der Waals surface area contributed by atoms with Gasteiger partial charge in [0.1, 0.15) is 6.10 Å². The summed E-state index contributed by atoms with van der Waals surface area (Å²) >= 11 is 0. The van der Waals surface area contributed by atoms with Gasteiger partial charge in [-0.15, -0.1) is 0 Å². The molecule has 1 amide bonds. The van der Waals surface area contributed by atoms with E-state index in [9.17, 15) is 4.79 Å². The molecule has 5 nitrogen and oxygen atoms in total. The summed E-state index contributed by atoms with van der Waals surface area (Å²) in [6, 6.07) is 0. The average Bonchev–Trinajstić information content (AvgIpc) is 2.05. The molecule has 0 radical (unpaired) electrons. The van der Waals surface area contributed by atoms with Crippen molar-refractivity contribution in [2.45, 2.75) is 19.4 Å². The predicted molar refractivity (Wildman–Crippen MR) is 42.7 cm³/mol. The molecule has 0 saturated carbocycles. The van der Waals surface area contributed by atoms with Crippen molar-refractivity contribution in [2.75, 3.05) is 19.8 Å². The molecule has 0 aromatic carbocycles. The van der Waals surface area contributed by atoms with Crippen LogP contribution in [0.25, 0.3) is 0 Å². The summed E-state index contributed by atoms with van der Waals surface area (Å²) in [5, 5.41) is 19.3. The fourth-order valence-corrected chi connectivity index (χ4v) is 0.531. The molecular formula is C7H15NO4. The highest BCUT2D eigenvalue weighted by atomic mass is 16.6. The zero-order valence-electron chi connectivity index (χ0n) is 7.12. The molecule has 0 heterocycles. The van der Waals surface area contributed by atoms with Crippen LogP contribution in [0.1, 0.15) is 13.3 Å². The number of amides is 1. The Morgan fingerprint density at radius 2 is 2.25 bits per heavy atom. The summed E-state index contributed by atoms with van der Waals surface area (Å²) in [5.41, 5.74) is 0. The number of carbonyl (C=O) groups excluding carboxylic acids is 1. The van der Waals surface area contributed by atoms with E-state index in [-0.39, 0.29) is 13.2 Å². The summed E-state index contributed by atoms with van der Waals surface area (Å²) in [4.78, 5) is 10.8. The van der Waals surface area contributed by atoms with Crippen molar-refractivity contribution < 1.29 is 19.7 Å². The predicted octanol–water partition coefficient (Wildman–Crippen LogP) is -0.524. The fourth-order valence-electron chi connectivity index (χ4n) is 0.531. The van der Waals surface area contributed by atoms with Gasteiger partial charge < -0.3 is 20.3 Å². The smallest absolute Gasteiger partial charge is 0.407 e. The van der Waals surface area contributed by atoms with E-state index >= 15 is 0 Å². The quantitative estimate of drug-likeness (QED) is 0.493. The van der Waals surface area contributed by atoms with Crippen LogP contribution in [0.5, 0.6) is 0 Å². The molecule has 1 unspecified atom stereocenters.